The van der Waals surface area contributed by atoms with E-state index in [2.05, 4.69) is 6.58 Å². The Morgan fingerprint density at radius 3 is 2.47 bits per heavy atom. The molecule has 0 aliphatic carbocycles. The first-order chi connectivity index (χ1) is 9.02. The Bertz CT molecular complexity index is 478. The van der Waals surface area contributed by atoms with Crippen LogP contribution in [0.15, 0.2) is 36.4 Å². The Kier molecular flexibility index (Phi) is 5.60. The quantitative estimate of drug-likeness (QED) is 0.483. The van der Waals surface area contributed by atoms with Crippen molar-refractivity contribution in [1.82, 2.24) is 0 Å². The highest BCUT2D eigenvalue weighted by Crippen LogP contribution is 2.16. The fourth-order valence-electron chi connectivity index (χ4n) is 1.24. The minimum Gasteiger partial charge on any atom is -0.507 e. The maximum Gasteiger partial charge on any atom is 0.341 e. The maximum absolute atomic E-state index is 11.6. The number of carbonyl (C=O) groups is 2. The van der Waals surface area contributed by atoms with E-state index in [9.17, 15) is 14.7 Å². The van der Waals surface area contributed by atoms with Crippen molar-refractivity contribution < 1.29 is 24.2 Å². The summed E-state index contributed by atoms with van der Waals surface area (Å²) >= 11 is 0. The van der Waals surface area contributed by atoms with Gasteiger partial charge in [0.1, 0.15) is 11.3 Å². The van der Waals surface area contributed by atoms with Gasteiger partial charge in [0.25, 0.3) is 0 Å². The molecular formula is C14H16O5. The Morgan fingerprint density at radius 1 is 1.21 bits per heavy atom. The van der Waals surface area contributed by atoms with Crippen molar-refractivity contribution in [2.75, 3.05) is 13.2 Å². The summed E-state index contributed by atoms with van der Waals surface area (Å²) in [5.74, 6) is -1.20. The van der Waals surface area contributed by atoms with Crippen LogP contribution in [-0.2, 0) is 14.3 Å². The normalized spacial score (nSPS) is 9.74. The lowest BCUT2D eigenvalue weighted by Gasteiger charge is -2.07. The highest BCUT2D eigenvalue weighted by atomic mass is 16.5. The van der Waals surface area contributed by atoms with Crippen LogP contribution >= 0.6 is 0 Å². The minimum atomic E-state index is -0.607. The second-order valence-corrected chi connectivity index (χ2v) is 3.92. The van der Waals surface area contributed by atoms with E-state index in [0.29, 0.717) is 12.0 Å². The highest BCUT2D eigenvalue weighted by Gasteiger charge is 2.11. The number of benzene rings is 1. The topological polar surface area (TPSA) is 72.8 Å². The van der Waals surface area contributed by atoms with Crippen molar-refractivity contribution in [2.24, 2.45) is 0 Å². The molecule has 1 aromatic carbocycles. The third-order valence-electron chi connectivity index (χ3n) is 2.23. The molecule has 0 atom stereocenters. The number of carbonyl (C=O) groups excluding carboxylic acids is 2. The summed E-state index contributed by atoms with van der Waals surface area (Å²) in [7, 11) is 0. The zero-order chi connectivity index (χ0) is 14.3. The number of hydrogen-bond donors (Lipinski definition) is 1. The van der Waals surface area contributed by atoms with Gasteiger partial charge in [-0.2, -0.15) is 0 Å². The molecule has 0 radical (unpaired) electrons. The molecule has 0 aromatic heterocycles. The van der Waals surface area contributed by atoms with Gasteiger partial charge in [-0.25, -0.2) is 9.59 Å². The molecule has 0 spiro atoms. The predicted molar refractivity (Wildman–Crippen MR) is 68.8 cm³/mol. The van der Waals surface area contributed by atoms with E-state index < -0.39 is 11.9 Å². The van der Waals surface area contributed by atoms with E-state index in [1.807, 2.05) is 0 Å². The van der Waals surface area contributed by atoms with E-state index in [0.717, 1.165) is 0 Å². The molecule has 0 aliphatic rings. The zero-order valence-corrected chi connectivity index (χ0v) is 10.7. The van der Waals surface area contributed by atoms with Gasteiger partial charge in [-0.1, -0.05) is 18.7 Å². The predicted octanol–water partition coefficient (Wildman–Crippen LogP) is 2.06. The van der Waals surface area contributed by atoms with Crippen LogP contribution in [0.25, 0.3) is 0 Å². The number of hydrogen-bond acceptors (Lipinski definition) is 5. The molecule has 5 heteroatoms. The summed E-state index contributed by atoms with van der Waals surface area (Å²) in [5, 5.41) is 9.44. The molecule has 0 fully saturated rings. The minimum absolute atomic E-state index is 0.108. The monoisotopic (exact) mass is 264 g/mol. The fraction of sp³-hybridized carbons (Fsp3) is 0.286. The van der Waals surface area contributed by atoms with Crippen LogP contribution in [-0.4, -0.2) is 30.3 Å². The third-order valence-corrected chi connectivity index (χ3v) is 2.23. The van der Waals surface area contributed by atoms with E-state index in [4.69, 9.17) is 9.47 Å². The summed E-state index contributed by atoms with van der Waals surface area (Å²) in [6.45, 7) is 5.26. The number of para-hydroxylation sites is 1. The summed E-state index contributed by atoms with van der Waals surface area (Å²) < 4.78 is 9.77. The first kappa shape index (κ1) is 14.8. The van der Waals surface area contributed by atoms with Crippen LogP contribution < -0.4 is 0 Å². The summed E-state index contributed by atoms with van der Waals surface area (Å²) in [5.41, 5.74) is 0.438. The van der Waals surface area contributed by atoms with Crippen LogP contribution in [0, 0.1) is 0 Å². The van der Waals surface area contributed by atoms with Crippen molar-refractivity contribution >= 4 is 11.9 Å². The average molecular weight is 264 g/mol. The Balaban J connectivity index is 2.27. The number of rotatable bonds is 6. The van der Waals surface area contributed by atoms with Crippen molar-refractivity contribution in [3.8, 4) is 5.75 Å². The molecule has 102 valence electrons. The van der Waals surface area contributed by atoms with Crippen molar-refractivity contribution in [1.29, 1.82) is 0 Å². The number of ether oxygens (including phenoxy) is 2. The van der Waals surface area contributed by atoms with Gasteiger partial charge in [0.15, 0.2) is 0 Å². The smallest absolute Gasteiger partial charge is 0.341 e. The van der Waals surface area contributed by atoms with Crippen molar-refractivity contribution in [3.63, 3.8) is 0 Å². The number of aromatic hydroxyl groups is 1. The van der Waals surface area contributed by atoms with Crippen LogP contribution in [0.1, 0.15) is 23.7 Å². The summed E-state index contributed by atoms with van der Waals surface area (Å²) in [6, 6.07) is 6.12. The van der Waals surface area contributed by atoms with Gasteiger partial charge in [-0.3, -0.25) is 0 Å². The fourth-order valence-corrected chi connectivity index (χ4v) is 1.24. The number of phenols is 1. The van der Waals surface area contributed by atoms with Crippen LogP contribution in [0.4, 0.5) is 0 Å². The lowest BCUT2D eigenvalue weighted by atomic mass is 10.2. The van der Waals surface area contributed by atoms with E-state index in [1.54, 1.807) is 19.1 Å². The Labute approximate surface area is 111 Å². The van der Waals surface area contributed by atoms with Crippen LogP contribution in [0.2, 0.25) is 0 Å². The van der Waals surface area contributed by atoms with Crippen LogP contribution in [0.3, 0.4) is 0 Å². The lowest BCUT2D eigenvalue weighted by Crippen LogP contribution is -2.11. The molecule has 5 nitrogen and oxygen atoms in total. The molecule has 0 saturated carbocycles. The van der Waals surface area contributed by atoms with E-state index >= 15 is 0 Å². The third kappa shape index (κ3) is 4.83. The molecule has 0 unspecified atom stereocenters. The molecule has 1 N–H and O–H groups in total. The van der Waals surface area contributed by atoms with E-state index in [1.165, 1.54) is 12.1 Å². The Morgan fingerprint density at radius 2 is 1.84 bits per heavy atom. The van der Waals surface area contributed by atoms with Gasteiger partial charge in [-0.05, 0) is 19.1 Å². The van der Waals surface area contributed by atoms with Gasteiger partial charge in [0.2, 0.25) is 0 Å². The number of esters is 2. The first-order valence-corrected chi connectivity index (χ1v) is 5.80. The van der Waals surface area contributed by atoms with Crippen molar-refractivity contribution in [3.05, 3.63) is 42.0 Å². The number of phenolic OH excluding ortho intramolecular Hbond substituents is 1. The van der Waals surface area contributed by atoms with Gasteiger partial charge < -0.3 is 14.6 Å². The largest absolute Gasteiger partial charge is 0.507 e. The molecule has 19 heavy (non-hydrogen) atoms. The standard InChI is InChI=1S/C14H16O5/c1-10(2)13(16)18-8-5-9-19-14(17)11-6-3-4-7-12(11)15/h3-4,6-7,15H,1,5,8-9H2,2H3. The van der Waals surface area contributed by atoms with Gasteiger partial charge in [-0.15, -0.1) is 0 Å². The maximum atomic E-state index is 11.6. The zero-order valence-electron chi connectivity index (χ0n) is 10.7. The summed E-state index contributed by atoms with van der Waals surface area (Å²) in [4.78, 5) is 22.6. The molecule has 0 amide bonds. The second kappa shape index (κ2) is 7.20. The Hall–Kier alpha value is -2.30. The van der Waals surface area contributed by atoms with Gasteiger partial charge in [0, 0.05) is 12.0 Å². The molecular weight excluding hydrogens is 248 g/mol. The molecule has 0 saturated heterocycles. The molecule has 1 rings (SSSR count). The SMILES string of the molecule is C=C(C)C(=O)OCCCOC(=O)c1ccccc1O. The molecule has 1 aromatic rings. The van der Waals surface area contributed by atoms with Gasteiger partial charge >= 0.3 is 11.9 Å². The average Bonchev–Trinajstić information content (AvgIpc) is 2.38. The highest BCUT2D eigenvalue weighted by molar-refractivity contribution is 5.92. The molecule has 0 heterocycles. The second-order valence-electron chi connectivity index (χ2n) is 3.92. The molecule has 0 bridgehead atoms. The first-order valence-electron chi connectivity index (χ1n) is 5.80. The van der Waals surface area contributed by atoms with Gasteiger partial charge in [0.05, 0.1) is 13.2 Å². The molecule has 0 aliphatic heterocycles. The van der Waals surface area contributed by atoms with E-state index in [-0.39, 0.29) is 24.5 Å². The van der Waals surface area contributed by atoms with Crippen molar-refractivity contribution in [2.45, 2.75) is 13.3 Å². The van der Waals surface area contributed by atoms with Crippen LogP contribution in [0.5, 0.6) is 5.75 Å². The summed E-state index contributed by atoms with van der Waals surface area (Å²) in [6.07, 6.45) is 0.387. The lowest BCUT2D eigenvalue weighted by molar-refractivity contribution is -0.139.